The third-order valence-electron chi connectivity index (χ3n) is 3.84. The number of nitrogens with zero attached hydrogens (tertiary/aromatic N) is 4. The highest BCUT2D eigenvalue weighted by Gasteiger charge is 2.72. The van der Waals surface area contributed by atoms with Gasteiger partial charge in [-0.2, -0.15) is 17.6 Å². The van der Waals surface area contributed by atoms with Gasteiger partial charge in [0.15, 0.2) is 10.8 Å². The summed E-state index contributed by atoms with van der Waals surface area (Å²) < 4.78 is 62.4. The monoisotopic (exact) mass is 352 g/mol. The van der Waals surface area contributed by atoms with E-state index in [2.05, 4.69) is 15.0 Å². The molecular formula is C13H13ClF4N4O. The first-order valence-corrected chi connectivity index (χ1v) is 7.42. The topological polar surface area (TPSA) is 52.8 Å². The Hall–Kier alpha value is -1.48. The summed E-state index contributed by atoms with van der Waals surface area (Å²) in [5.41, 5.74) is -0.0319. The highest BCUT2D eigenvalue weighted by molar-refractivity contribution is 6.33. The number of imidazole rings is 1. The normalized spacial score (nSPS) is 26.0. The number of ether oxygens (including phenoxy) is 1. The van der Waals surface area contributed by atoms with Gasteiger partial charge < -0.3 is 4.74 Å². The Morgan fingerprint density at radius 2 is 1.96 bits per heavy atom. The van der Waals surface area contributed by atoms with E-state index in [1.165, 1.54) is 0 Å². The van der Waals surface area contributed by atoms with E-state index < -0.39 is 24.2 Å². The second-order valence-electron chi connectivity index (χ2n) is 5.35. The smallest absolute Gasteiger partial charge is 0.342 e. The molecule has 0 saturated carbocycles. The van der Waals surface area contributed by atoms with Crippen molar-refractivity contribution in [2.45, 2.75) is 50.4 Å². The second-order valence-corrected chi connectivity index (χ2v) is 5.71. The lowest BCUT2D eigenvalue weighted by atomic mass is 10.0. The molecule has 0 amide bonds. The van der Waals surface area contributed by atoms with E-state index in [9.17, 15) is 17.6 Å². The lowest BCUT2D eigenvalue weighted by Crippen LogP contribution is -2.45. The van der Waals surface area contributed by atoms with E-state index in [1.807, 2.05) is 0 Å². The van der Waals surface area contributed by atoms with Crippen LogP contribution in [0.15, 0.2) is 12.7 Å². The van der Waals surface area contributed by atoms with Crippen molar-refractivity contribution in [1.82, 2.24) is 19.5 Å². The average molecular weight is 353 g/mol. The predicted molar refractivity (Wildman–Crippen MR) is 73.7 cm³/mol. The van der Waals surface area contributed by atoms with Gasteiger partial charge in [-0.15, -0.1) is 0 Å². The molecule has 0 aliphatic carbocycles. The van der Waals surface area contributed by atoms with Gasteiger partial charge in [0.05, 0.1) is 6.33 Å². The van der Waals surface area contributed by atoms with Crippen LogP contribution in [0.5, 0.6) is 0 Å². The number of rotatable bonds is 4. The number of alkyl halides is 4. The molecule has 10 heteroatoms. The standard InChI is InChI=1S/C13H13ClF4N4O/c1-2-3-4-7-12(15,16)13(17,18)11(23-7)22-6-21-8-9(14)19-5-20-10(8)22/h5-7,11H,2-4H2,1H3. The molecule has 23 heavy (non-hydrogen) atoms. The fourth-order valence-electron chi connectivity index (χ4n) is 2.58. The molecule has 2 aromatic heterocycles. The van der Waals surface area contributed by atoms with Gasteiger partial charge in [-0.1, -0.05) is 31.4 Å². The minimum atomic E-state index is -4.39. The number of hydrogen-bond donors (Lipinski definition) is 0. The third-order valence-corrected chi connectivity index (χ3v) is 4.12. The molecule has 2 aromatic rings. The zero-order valence-corrected chi connectivity index (χ0v) is 12.8. The molecule has 0 aromatic carbocycles. The van der Waals surface area contributed by atoms with Crippen LogP contribution in [0.4, 0.5) is 17.6 Å². The largest absolute Gasteiger partial charge is 0.356 e. The van der Waals surface area contributed by atoms with Crippen LogP contribution >= 0.6 is 11.6 Å². The van der Waals surface area contributed by atoms with Gasteiger partial charge >= 0.3 is 11.8 Å². The zero-order valence-electron chi connectivity index (χ0n) is 12.0. The van der Waals surface area contributed by atoms with Gasteiger partial charge in [-0.3, -0.25) is 4.57 Å². The molecule has 0 radical (unpaired) electrons. The predicted octanol–water partition coefficient (Wildman–Crippen LogP) is 3.84. The number of unbranched alkanes of at least 4 members (excludes halogenated alkanes) is 1. The fourth-order valence-corrected chi connectivity index (χ4v) is 2.76. The van der Waals surface area contributed by atoms with Crippen molar-refractivity contribution in [2.75, 3.05) is 0 Å². The van der Waals surface area contributed by atoms with Crippen LogP contribution in [-0.2, 0) is 4.74 Å². The van der Waals surface area contributed by atoms with Crippen LogP contribution in [0.25, 0.3) is 11.2 Å². The summed E-state index contributed by atoms with van der Waals surface area (Å²) in [6.07, 6.45) is -1.25. The Bertz CT molecular complexity index is 723. The van der Waals surface area contributed by atoms with Gasteiger partial charge in [0.1, 0.15) is 17.9 Å². The van der Waals surface area contributed by atoms with Crippen molar-refractivity contribution in [3.05, 3.63) is 17.8 Å². The van der Waals surface area contributed by atoms with Crippen molar-refractivity contribution in [3.8, 4) is 0 Å². The Morgan fingerprint density at radius 1 is 1.22 bits per heavy atom. The molecule has 1 fully saturated rings. The molecular weight excluding hydrogens is 340 g/mol. The van der Waals surface area contributed by atoms with Crippen LogP contribution < -0.4 is 0 Å². The van der Waals surface area contributed by atoms with E-state index in [-0.39, 0.29) is 22.7 Å². The van der Waals surface area contributed by atoms with Crippen LogP contribution in [0.1, 0.15) is 32.4 Å². The second kappa shape index (κ2) is 5.55. The van der Waals surface area contributed by atoms with Crippen molar-refractivity contribution in [3.63, 3.8) is 0 Å². The van der Waals surface area contributed by atoms with Crippen molar-refractivity contribution < 1.29 is 22.3 Å². The molecule has 0 spiro atoms. The van der Waals surface area contributed by atoms with E-state index in [0.29, 0.717) is 12.8 Å². The summed E-state index contributed by atoms with van der Waals surface area (Å²) >= 11 is 5.80. The van der Waals surface area contributed by atoms with Crippen LogP contribution in [0, 0.1) is 0 Å². The first kappa shape index (κ1) is 16.4. The number of hydrogen-bond acceptors (Lipinski definition) is 4. The molecule has 126 valence electrons. The fraction of sp³-hybridized carbons (Fsp3) is 0.615. The maximum absolute atomic E-state index is 14.3. The van der Waals surface area contributed by atoms with Crippen molar-refractivity contribution in [1.29, 1.82) is 0 Å². The minimum Gasteiger partial charge on any atom is -0.342 e. The minimum absolute atomic E-state index is 0.0499. The summed E-state index contributed by atoms with van der Waals surface area (Å²) in [7, 11) is 0. The molecule has 3 heterocycles. The highest BCUT2D eigenvalue weighted by Crippen LogP contribution is 2.54. The van der Waals surface area contributed by atoms with Gasteiger partial charge in [-0.05, 0) is 6.42 Å². The molecule has 0 bridgehead atoms. The Labute approximate surface area is 133 Å². The molecule has 2 unspecified atom stereocenters. The summed E-state index contributed by atoms with van der Waals surface area (Å²) in [5.74, 6) is -8.67. The average Bonchev–Trinajstić information content (AvgIpc) is 2.98. The lowest BCUT2D eigenvalue weighted by molar-refractivity contribution is -0.207. The molecule has 3 rings (SSSR count). The molecule has 1 aliphatic heterocycles. The number of aromatic nitrogens is 4. The van der Waals surface area contributed by atoms with Gasteiger partial charge in [0.2, 0.25) is 6.23 Å². The van der Waals surface area contributed by atoms with Crippen molar-refractivity contribution >= 4 is 22.8 Å². The zero-order chi connectivity index (χ0) is 16.8. The number of halogens is 5. The Morgan fingerprint density at radius 3 is 2.65 bits per heavy atom. The quantitative estimate of drug-likeness (QED) is 0.619. The van der Waals surface area contributed by atoms with Gasteiger partial charge in [-0.25, -0.2) is 15.0 Å². The maximum Gasteiger partial charge on any atom is 0.356 e. The van der Waals surface area contributed by atoms with Crippen LogP contribution in [0.2, 0.25) is 5.15 Å². The Kier molecular flexibility index (Phi) is 3.96. The highest BCUT2D eigenvalue weighted by atomic mass is 35.5. The van der Waals surface area contributed by atoms with Gasteiger partial charge in [0.25, 0.3) is 0 Å². The summed E-state index contributed by atoms with van der Waals surface area (Å²) in [6.45, 7) is 1.78. The molecule has 0 N–H and O–H groups in total. The van der Waals surface area contributed by atoms with Crippen molar-refractivity contribution in [2.24, 2.45) is 0 Å². The first-order valence-electron chi connectivity index (χ1n) is 7.04. The summed E-state index contributed by atoms with van der Waals surface area (Å²) in [6, 6.07) is 0. The van der Waals surface area contributed by atoms with Gasteiger partial charge in [0, 0.05) is 0 Å². The SMILES string of the molecule is CCCCC1OC(n2cnc3c(Cl)ncnc32)C(F)(F)C1(F)F. The lowest BCUT2D eigenvalue weighted by Gasteiger charge is -2.23. The molecule has 1 aliphatic rings. The van der Waals surface area contributed by atoms with E-state index >= 15 is 0 Å². The van der Waals surface area contributed by atoms with E-state index in [0.717, 1.165) is 17.2 Å². The first-order chi connectivity index (χ1) is 10.8. The van der Waals surface area contributed by atoms with E-state index in [4.69, 9.17) is 16.3 Å². The number of fused-ring (bicyclic) bond motifs is 1. The third kappa shape index (κ3) is 2.37. The maximum atomic E-state index is 14.3. The molecule has 2 atom stereocenters. The van der Waals surface area contributed by atoms with Crippen LogP contribution in [0.3, 0.4) is 0 Å². The van der Waals surface area contributed by atoms with E-state index in [1.54, 1.807) is 6.92 Å². The molecule has 1 saturated heterocycles. The van der Waals surface area contributed by atoms with Crippen LogP contribution in [-0.4, -0.2) is 37.5 Å². The summed E-state index contributed by atoms with van der Waals surface area (Å²) in [5, 5.41) is -0.0515. The molecule has 5 nitrogen and oxygen atoms in total. The Balaban J connectivity index is 2.03. The summed E-state index contributed by atoms with van der Waals surface area (Å²) in [4.78, 5) is 11.3.